The minimum absolute atomic E-state index is 0.185. The molecule has 140 valence electrons. The van der Waals surface area contributed by atoms with Crippen LogP contribution in [-0.4, -0.2) is 24.5 Å². The molecule has 0 radical (unpaired) electrons. The van der Waals surface area contributed by atoms with Crippen LogP contribution in [0.15, 0.2) is 54.9 Å². The molecule has 2 aromatic carbocycles. The zero-order chi connectivity index (χ0) is 18.9. The van der Waals surface area contributed by atoms with Gasteiger partial charge in [0.15, 0.2) is 23.0 Å². The number of amides is 1. The third-order valence-electron chi connectivity index (χ3n) is 4.29. The Morgan fingerprint density at radius 2 is 1.39 bits per heavy atom. The van der Waals surface area contributed by atoms with Crippen molar-refractivity contribution in [3.05, 3.63) is 60.4 Å². The van der Waals surface area contributed by atoms with Gasteiger partial charge in [0, 0.05) is 29.7 Å². The second kappa shape index (κ2) is 6.66. The molecule has 8 heteroatoms. The number of carbonyl (C=O) groups is 1. The van der Waals surface area contributed by atoms with Crippen molar-refractivity contribution in [1.82, 2.24) is 4.98 Å². The van der Waals surface area contributed by atoms with Gasteiger partial charge >= 0.3 is 0 Å². The summed E-state index contributed by atoms with van der Waals surface area (Å²) < 4.78 is 21.3. The van der Waals surface area contributed by atoms with E-state index >= 15 is 0 Å². The first-order valence-corrected chi connectivity index (χ1v) is 8.57. The Morgan fingerprint density at radius 3 is 2.14 bits per heavy atom. The maximum atomic E-state index is 12.6. The van der Waals surface area contributed by atoms with Crippen LogP contribution in [0.25, 0.3) is 0 Å². The SMILES string of the molecule is O=C(Nc1ccc2c(c1)OCO2)c1cncc(Nc2ccc3c(c2)OCO3)c1. The van der Waals surface area contributed by atoms with Gasteiger partial charge in [-0.2, -0.15) is 0 Å². The van der Waals surface area contributed by atoms with Gasteiger partial charge in [-0.3, -0.25) is 9.78 Å². The number of anilines is 3. The summed E-state index contributed by atoms with van der Waals surface area (Å²) >= 11 is 0. The third-order valence-corrected chi connectivity index (χ3v) is 4.29. The summed E-state index contributed by atoms with van der Waals surface area (Å²) in [5, 5.41) is 6.05. The highest BCUT2D eigenvalue weighted by Crippen LogP contribution is 2.36. The van der Waals surface area contributed by atoms with E-state index < -0.39 is 0 Å². The van der Waals surface area contributed by atoms with Crippen LogP contribution >= 0.6 is 0 Å². The van der Waals surface area contributed by atoms with Crippen molar-refractivity contribution in [3.63, 3.8) is 0 Å². The van der Waals surface area contributed by atoms with Crippen molar-refractivity contribution in [2.75, 3.05) is 24.2 Å². The topological polar surface area (TPSA) is 90.9 Å². The Bertz CT molecular complexity index is 1070. The molecule has 1 aromatic heterocycles. The van der Waals surface area contributed by atoms with Crippen molar-refractivity contribution in [1.29, 1.82) is 0 Å². The number of rotatable bonds is 4. The first-order valence-electron chi connectivity index (χ1n) is 8.57. The summed E-state index contributed by atoms with van der Waals surface area (Å²) in [6.07, 6.45) is 3.15. The molecule has 2 aliphatic rings. The molecule has 2 aliphatic heterocycles. The van der Waals surface area contributed by atoms with E-state index in [0.717, 1.165) is 5.69 Å². The highest BCUT2D eigenvalue weighted by molar-refractivity contribution is 6.04. The number of aromatic nitrogens is 1. The fourth-order valence-corrected chi connectivity index (χ4v) is 2.95. The van der Waals surface area contributed by atoms with Crippen LogP contribution in [0.1, 0.15) is 10.4 Å². The standard InChI is InChI=1S/C20H15N3O5/c24-20(23-14-2-4-17-19(7-14)28-11-26-17)12-5-15(9-21-8-12)22-13-1-3-16-18(6-13)27-10-25-16/h1-9,22H,10-11H2,(H,23,24). The van der Waals surface area contributed by atoms with Gasteiger partial charge in [0.2, 0.25) is 13.6 Å². The quantitative estimate of drug-likeness (QED) is 0.719. The molecule has 0 atom stereocenters. The lowest BCUT2D eigenvalue weighted by molar-refractivity contribution is 0.102. The highest BCUT2D eigenvalue weighted by atomic mass is 16.7. The minimum atomic E-state index is -0.277. The van der Waals surface area contributed by atoms with Crippen LogP contribution in [0.2, 0.25) is 0 Å². The molecule has 0 spiro atoms. The van der Waals surface area contributed by atoms with Crippen molar-refractivity contribution in [2.24, 2.45) is 0 Å². The predicted octanol–water partition coefficient (Wildman–Crippen LogP) is 3.53. The number of fused-ring (bicyclic) bond motifs is 2. The fourth-order valence-electron chi connectivity index (χ4n) is 2.95. The molecule has 0 saturated heterocycles. The van der Waals surface area contributed by atoms with Crippen LogP contribution in [0.3, 0.4) is 0 Å². The lowest BCUT2D eigenvalue weighted by Crippen LogP contribution is -2.12. The lowest BCUT2D eigenvalue weighted by Gasteiger charge is -2.09. The number of hydrogen-bond acceptors (Lipinski definition) is 7. The number of nitrogens with zero attached hydrogens (tertiary/aromatic N) is 1. The molecule has 3 aromatic rings. The summed E-state index contributed by atoms with van der Waals surface area (Å²) in [4.78, 5) is 16.7. The van der Waals surface area contributed by atoms with Crippen molar-refractivity contribution in [2.45, 2.75) is 0 Å². The number of ether oxygens (including phenoxy) is 4. The van der Waals surface area contributed by atoms with Gasteiger partial charge in [0.05, 0.1) is 17.4 Å². The van der Waals surface area contributed by atoms with Gasteiger partial charge in [0.1, 0.15) is 0 Å². The van der Waals surface area contributed by atoms with Crippen LogP contribution in [0.4, 0.5) is 17.1 Å². The zero-order valence-electron chi connectivity index (χ0n) is 14.6. The normalized spacial score (nSPS) is 13.3. The number of pyridine rings is 1. The van der Waals surface area contributed by atoms with E-state index in [1.807, 2.05) is 18.2 Å². The van der Waals surface area contributed by atoms with Gasteiger partial charge < -0.3 is 29.6 Å². The summed E-state index contributed by atoms with van der Waals surface area (Å²) in [5.41, 5.74) is 2.52. The average Bonchev–Trinajstić information content (AvgIpc) is 3.36. The lowest BCUT2D eigenvalue weighted by atomic mass is 10.2. The Kier molecular flexibility index (Phi) is 3.86. The molecule has 0 aliphatic carbocycles. The van der Waals surface area contributed by atoms with Gasteiger partial charge in [-0.05, 0) is 30.3 Å². The largest absolute Gasteiger partial charge is 0.454 e. The second-order valence-electron chi connectivity index (χ2n) is 6.18. The van der Waals surface area contributed by atoms with E-state index in [1.165, 1.54) is 6.20 Å². The average molecular weight is 377 g/mol. The Labute approximate surface area is 160 Å². The maximum Gasteiger partial charge on any atom is 0.257 e. The van der Waals surface area contributed by atoms with E-state index in [4.69, 9.17) is 18.9 Å². The van der Waals surface area contributed by atoms with Crippen molar-refractivity contribution >= 4 is 23.0 Å². The number of hydrogen-bond donors (Lipinski definition) is 2. The molecule has 1 amide bonds. The molecular formula is C20H15N3O5. The van der Waals surface area contributed by atoms with Crippen LogP contribution in [-0.2, 0) is 0 Å². The summed E-state index contributed by atoms with van der Waals surface area (Å²) in [6, 6.07) is 12.5. The highest BCUT2D eigenvalue weighted by Gasteiger charge is 2.16. The van der Waals surface area contributed by atoms with Crippen LogP contribution in [0, 0.1) is 0 Å². The van der Waals surface area contributed by atoms with Gasteiger partial charge in [-0.15, -0.1) is 0 Å². The Morgan fingerprint density at radius 1 is 0.750 bits per heavy atom. The Balaban J connectivity index is 1.31. The molecule has 0 saturated carbocycles. The van der Waals surface area contributed by atoms with Crippen LogP contribution < -0.4 is 29.6 Å². The van der Waals surface area contributed by atoms with E-state index in [-0.39, 0.29) is 19.5 Å². The molecular weight excluding hydrogens is 362 g/mol. The van der Waals surface area contributed by atoms with Crippen molar-refractivity contribution in [3.8, 4) is 23.0 Å². The molecule has 3 heterocycles. The number of nitrogens with one attached hydrogen (secondary N) is 2. The molecule has 8 nitrogen and oxygen atoms in total. The number of carbonyl (C=O) groups excluding carboxylic acids is 1. The van der Waals surface area contributed by atoms with E-state index in [2.05, 4.69) is 15.6 Å². The maximum absolute atomic E-state index is 12.6. The smallest absolute Gasteiger partial charge is 0.257 e. The molecule has 2 N–H and O–H groups in total. The second-order valence-corrected chi connectivity index (χ2v) is 6.18. The number of benzene rings is 2. The molecule has 28 heavy (non-hydrogen) atoms. The predicted molar refractivity (Wildman–Crippen MR) is 101 cm³/mol. The molecule has 0 fully saturated rings. The van der Waals surface area contributed by atoms with E-state index in [1.54, 1.807) is 30.5 Å². The molecule has 0 unspecified atom stereocenters. The third kappa shape index (κ3) is 3.11. The van der Waals surface area contributed by atoms with Crippen LogP contribution in [0.5, 0.6) is 23.0 Å². The fraction of sp³-hybridized carbons (Fsp3) is 0.100. The van der Waals surface area contributed by atoms with E-state index in [9.17, 15) is 4.79 Å². The van der Waals surface area contributed by atoms with Gasteiger partial charge in [-0.1, -0.05) is 0 Å². The summed E-state index contributed by atoms with van der Waals surface area (Å²) in [5.74, 6) is 2.37. The molecule has 0 bridgehead atoms. The zero-order valence-corrected chi connectivity index (χ0v) is 14.6. The monoisotopic (exact) mass is 377 g/mol. The molecule has 5 rings (SSSR count). The first kappa shape index (κ1) is 16.2. The summed E-state index contributed by atoms with van der Waals surface area (Å²) in [6.45, 7) is 0.403. The van der Waals surface area contributed by atoms with Gasteiger partial charge in [0.25, 0.3) is 5.91 Å². The van der Waals surface area contributed by atoms with E-state index in [0.29, 0.717) is 39.9 Å². The van der Waals surface area contributed by atoms with Crippen molar-refractivity contribution < 1.29 is 23.7 Å². The summed E-state index contributed by atoms with van der Waals surface area (Å²) in [7, 11) is 0. The van der Waals surface area contributed by atoms with Gasteiger partial charge in [-0.25, -0.2) is 0 Å². The first-order chi connectivity index (χ1) is 13.7. The minimum Gasteiger partial charge on any atom is -0.454 e. The Hall–Kier alpha value is -3.94.